The molecule has 2 aromatic heterocycles. The summed E-state index contributed by atoms with van der Waals surface area (Å²) in [4.78, 5) is 44.2. The maximum atomic E-state index is 14.9. The number of aromatic nitrogens is 4. The fraction of sp³-hybridized carbons (Fsp3) is 0.583. The molecule has 15 heteroatoms. The smallest absolute Gasteiger partial charge is 0.413 e. The number of amides is 3. The van der Waals surface area contributed by atoms with Crippen molar-refractivity contribution in [2.24, 2.45) is 5.92 Å². The second kappa shape index (κ2) is 12.3. The van der Waals surface area contributed by atoms with Crippen molar-refractivity contribution in [1.29, 1.82) is 0 Å². The van der Waals surface area contributed by atoms with Gasteiger partial charge in [-0.15, -0.1) is 0 Å². The number of carbonyl (C=O) groups is 2. The van der Waals surface area contributed by atoms with Gasteiger partial charge in [0.2, 0.25) is 11.8 Å². The minimum atomic E-state index is -3.15. The number of urea groups is 1. The fourth-order valence-electron chi connectivity index (χ4n) is 4.42. The Morgan fingerprint density at radius 2 is 2.05 bits per heavy atom. The van der Waals surface area contributed by atoms with Gasteiger partial charge >= 0.3 is 12.1 Å². The summed E-state index contributed by atoms with van der Waals surface area (Å²) in [6.07, 6.45) is 3.37. The second-order valence-corrected chi connectivity index (χ2v) is 9.47. The van der Waals surface area contributed by atoms with Crippen LogP contribution in [0, 0.1) is 5.92 Å². The normalized spacial score (nSPS) is 22.5. The molecule has 39 heavy (non-hydrogen) atoms. The Balaban J connectivity index is 1.39. The largest absolute Gasteiger partial charge is 0.477 e. The first kappa shape index (κ1) is 28.1. The molecule has 4 rings (SSSR count). The summed E-state index contributed by atoms with van der Waals surface area (Å²) in [6.45, 7) is 5.45. The molecule has 2 saturated heterocycles. The first-order valence-electron chi connectivity index (χ1n) is 12.8. The number of piperidine rings is 2. The van der Waals surface area contributed by atoms with E-state index in [9.17, 15) is 18.4 Å². The van der Waals surface area contributed by atoms with Crippen LogP contribution in [-0.2, 0) is 4.74 Å². The molecule has 0 aliphatic carbocycles. The molecule has 2 fully saturated rings. The van der Waals surface area contributed by atoms with Crippen molar-refractivity contribution in [1.82, 2.24) is 30.2 Å². The van der Waals surface area contributed by atoms with Gasteiger partial charge in [0, 0.05) is 45.2 Å². The summed E-state index contributed by atoms with van der Waals surface area (Å²) in [5, 5.41) is 8.31. The predicted octanol–water partition coefficient (Wildman–Crippen LogP) is 2.59. The maximum Gasteiger partial charge on any atom is 0.413 e. The number of nitrogens with one attached hydrogen (secondary N) is 3. The van der Waals surface area contributed by atoms with E-state index >= 15 is 0 Å². The molecule has 0 bridgehead atoms. The van der Waals surface area contributed by atoms with Crippen LogP contribution in [0.2, 0.25) is 0 Å². The Bertz CT molecular complexity index is 1140. The van der Waals surface area contributed by atoms with Crippen LogP contribution < -0.4 is 25.6 Å². The Kier molecular flexibility index (Phi) is 8.89. The van der Waals surface area contributed by atoms with Crippen LogP contribution in [0.15, 0.2) is 24.7 Å². The van der Waals surface area contributed by atoms with Gasteiger partial charge in [0.1, 0.15) is 18.0 Å². The third-order valence-electron chi connectivity index (χ3n) is 6.66. The van der Waals surface area contributed by atoms with E-state index in [0.29, 0.717) is 13.0 Å². The van der Waals surface area contributed by atoms with Gasteiger partial charge in [0.05, 0.1) is 19.0 Å². The van der Waals surface area contributed by atoms with Gasteiger partial charge in [0.25, 0.3) is 5.92 Å². The lowest BCUT2D eigenvalue weighted by molar-refractivity contribution is -0.0760. The zero-order valence-corrected chi connectivity index (χ0v) is 22.1. The Morgan fingerprint density at radius 1 is 1.23 bits per heavy atom. The van der Waals surface area contributed by atoms with Gasteiger partial charge in [-0.2, -0.15) is 4.98 Å². The summed E-state index contributed by atoms with van der Waals surface area (Å²) in [6, 6.07) is -0.760. The molecule has 13 nitrogen and oxygen atoms in total. The number of nitrogens with zero attached hydrogens (tertiary/aromatic N) is 6. The summed E-state index contributed by atoms with van der Waals surface area (Å²) in [5.41, 5.74) is 0. The standard InChI is InChI=1S/C24H33F2N9O4/c1-4-38-20-13-29-19(12-30-20)32-22(36)34(3)17-14-35(10-7-24(17,25)26)21-28-9-6-18(31-21)33-23(37)39-16-5-8-27-11-15(16)2/h6,9,12-13,15-17,27H,4-5,7-8,10-11,14H2,1-3H3,(H,29,32,36)(H,28,31,33,37)/t15-,16+,17-/m0/s1. The SMILES string of the molecule is CCOc1cnc(NC(=O)N(C)[C@H]2CN(c3nccc(NC(=O)O[C@@H]4CCNC[C@@H]4C)n3)CCC2(F)F)cn1. The Morgan fingerprint density at radius 3 is 2.77 bits per heavy atom. The Hall–Kier alpha value is -3.88. The summed E-state index contributed by atoms with van der Waals surface area (Å²) in [7, 11) is 1.29. The van der Waals surface area contributed by atoms with Crippen LogP contribution in [0.4, 0.5) is 36.0 Å². The molecule has 3 N–H and O–H groups in total. The maximum absolute atomic E-state index is 14.9. The number of hydrogen-bond donors (Lipinski definition) is 3. The molecule has 0 aromatic carbocycles. The van der Waals surface area contributed by atoms with Crippen molar-refractivity contribution in [3.63, 3.8) is 0 Å². The lowest BCUT2D eigenvalue weighted by Gasteiger charge is -2.42. The molecule has 0 unspecified atom stereocenters. The number of hydrogen-bond acceptors (Lipinski definition) is 10. The molecule has 2 aliphatic rings. The molecule has 3 atom stereocenters. The zero-order valence-electron chi connectivity index (χ0n) is 22.1. The molecule has 0 radical (unpaired) electrons. The lowest BCUT2D eigenvalue weighted by atomic mass is 9.98. The van der Waals surface area contributed by atoms with Crippen molar-refractivity contribution in [3.05, 3.63) is 24.7 Å². The first-order valence-corrected chi connectivity index (χ1v) is 12.8. The number of ether oxygens (including phenoxy) is 2. The van der Waals surface area contributed by atoms with E-state index in [1.807, 2.05) is 6.92 Å². The van der Waals surface area contributed by atoms with Crippen LogP contribution in [0.5, 0.6) is 5.88 Å². The minimum Gasteiger partial charge on any atom is -0.477 e. The average molecular weight is 550 g/mol. The molecule has 2 aromatic rings. The van der Waals surface area contributed by atoms with Gasteiger partial charge < -0.3 is 24.6 Å². The Labute approximate surface area is 224 Å². The molecule has 0 saturated carbocycles. The third-order valence-corrected chi connectivity index (χ3v) is 6.66. The number of likely N-dealkylation sites (N-methyl/N-ethyl adjacent to an activating group) is 1. The predicted molar refractivity (Wildman–Crippen MR) is 138 cm³/mol. The van der Waals surface area contributed by atoms with Crippen LogP contribution >= 0.6 is 0 Å². The molecule has 3 amide bonds. The summed E-state index contributed by atoms with van der Waals surface area (Å²) in [5.74, 6) is -2.27. The third kappa shape index (κ3) is 7.16. The van der Waals surface area contributed by atoms with Gasteiger partial charge in [-0.25, -0.2) is 33.3 Å². The second-order valence-electron chi connectivity index (χ2n) is 9.47. The topological polar surface area (TPSA) is 147 Å². The number of carbonyl (C=O) groups excluding carboxylic acids is 2. The van der Waals surface area contributed by atoms with E-state index in [1.165, 1.54) is 31.7 Å². The van der Waals surface area contributed by atoms with Crippen molar-refractivity contribution in [2.75, 3.05) is 55.4 Å². The van der Waals surface area contributed by atoms with Crippen LogP contribution in [0.25, 0.3) is 0 Å². The van der Waals surface area contributed by atoms with Gasteiger partial charge in [-0.1, -0.05) is 6.92 Å². The summed E-state index contributed by atoms with van der Waals surface area (Å²) >= 11 is 0. The van der Waals surface area contributed by atoms with Crippen LogP contribution in [0.1, 0.15) is 26.7 Å². The fourth-order valence-corrected chi connectivity index (χ4v) is 4.42. The van der Waals surface area contributed by atoms with E-state index in [-0.39, 0.29) is 48.6 Å². The lowest BCUT2D eigenvalue weighted by Crippen LogP contribution is -2.60. The molecule has 0 spiro atoms. The highest BCUT2D eigenvalue weighted by molar-refractivity contribution is 5.88. The van der Waals surface area contributed by atoms with E-state index in [2.05, 4.69) is 35.9 Å². The average Bonchev–Trinajstić information content (AvgIpc) is 2.91. The number of anilines is 3. The zero-order chi connectivity index (χ0) is 28.0. The minimum absolute atomic E-state index is 0.0379. The van der Waals surface area contributed by atoms with Crippen LogP contribution in [0.3, 0.4) is 0 Å². The molecule has 2 aliphatic heterocycles. The molecule has 212 valence electrons. The number of rotatable bonds is 7. The van der Waals surface area contributed by atoms with Gasteiger partial charge in [0.15, 0.2) is 5.82 Å². The van der Waals surface area contributed by atoms with E-state index in [4.69, 9.17) is 9.47 Å². The highest BCUT2D eigenvalue weighted by Crippen LogP contribution is 2.33. The number of alkyl halides is 2. The molecular formula is C24H33F2N9O4. The highest BCUT2D eigenvalue weighted by atomic mass is 19.3. The number of halogens is 2. The van der Waals surface area contributed by atoms with E-state index < -0.39 is 30.5 Å². The van der Waals surface area contributed by atoms with Crippen molar-refractivity contribution in [3.8, 4) is 5.88 Å². The summed E-state index contributed by atoms with van der Waals surface area (Å²) < 4.78 is 40.6. The van der Waals surface area contributed by atoms with Crippen molar-refractivity contribution < 1.29 is 27.8 Å². The van der Waals surface area contributed by atoms with E-state index in [0.717, 1.165) is 18.0 Å². The molecular weight excluding hydrogens is 516 g/mol. The highest BCUT2D eigenvalue weighted by Gasteiger charge is 2.48. The first-order chi connectivity index (χ1) is 18.7. The molecule has 4 heterocycles. The van der Waals surface area contributed by atoms with Crippen LogP contribution in [-0.4, -0.2) is 94.9 Å². The van der Waals surface area contributed by atoms with E-state index in [1.54, 1.807) is 11.8 Å². The van der Waals surface area contributed by atoms with Gasteiger partial charge in [-0.05, 0) is 26.0 Å². The quantitative estimate of drug-likeness (QED) is 0.471. The van der Waals surface area contributed by atoms with Crippen molar-refractivity contribution >= 4 is 29.7 Å². The monoisotopic (exact) mass is 549 g/mol. The van der Waals surface area contributed by atoms with Gasteiger partial charge in [-0.3, -0.25) is 10.6 Å². The van der Waals surface area contributed by atoms with Crippen molar-refractivity contribution in [2.45, 2.75) is 44.8 Å².